The number of carbonyl (C=O) groups excluding carboxylic acids is 1. The molecule has 0 bridgehead atoms. The van der Waals surface area contributed by atoms with E-state index in [9.17, 15) is 4.79 Å². The number of hydrogen-bond acceptors (Lipinski definition) is 4. The topological polar surface area (TPSA) is 77.8 Å². The highest BCUT2D eigenvalue weighted by atomic mass is 16.1. The van der Waals surface area contributed by atoms with E-state index in [1.165, 1.54) is 5.56 Å². The number of nitriles is 1. The molecule has 1 amide bonds. The van der Waals surface area contributed by atoms with E-state index in [1.807, 2.05) is 42.5 Å². The van der Waals surface area contributed by atoms with Gasteiger partial charge in [0.25, 0.3) is 5.91 Å². The van der Waals surface area contributed by atoms with E-state index < -0.39 is 0 Å². The van der Waals surface area contributed by atoms with E-state index in [-0.39, 0.29) is 5.91 Å². The average molecular weight is 342 g/mol. The quantitative estimate of drug-likeness (QED) is 0.716. The molecule has 0 saturated carbocycles. The molecule has 26 heavy (non-hydrogen) atoms. The van der Waals surface area contributed by atoms with Crippen LogP contribution >= 0.6 is 0 Å². The van der Waals surface area contributed by atoms with Crippen LogP contribution in [0.3, 0.4) is 0 Å². The molecule has 0 saturated heterocycles. The number of rotatable bonds is 6. The van der Waals surface area contributed by atoms with Gasteiger partial charge in [-0.05, 0) is 42.3 Å². The summed E-state index contributed by atoms with van der Waals surface area (Å²) in [6, 6.07) is 20.9. The standard InChI is InChI=1S/C21H18N4O/c22-13-17-6-8-19(9-7-17)25-20-12-18(14-23-15-20)21(26)24-11-10-16-4-2-1-3-5-16/h1-9,12,14-15,25H,10-11H2,(H,24,26). The first-order valence-electron chi connectivity index (χ1n) is 8.29. The second kappa shape index (κ2) is 8.45. The minimum Gasteiger partial charge on any atom is -0.354 e. The summed E-state index contributed by atoms with van der Waals surface area (Å²) in [4.78, 5) is 16.4. The number of nitrogens with one attached hydrogen (secondary N) is 2. The van der Waals surface area contributed by atoms with Gasteiger partial charge in [-0.25, -0.2) is 0 Å². The monoisotopic (exact) mass is 342 g/mol. The third-order valence-corrected chi connectivity index (χ3v) is 3.85. The number of carbonyl (C=O) groups is 1. The summed E-state index contributed by atoms with van der Waals surface area (Å²) in [5.41, 5.74) is 3.82. The fraction of sp³-hybridized carbons (Fsp3) is 0.0952. The Morgan fingerprint density at radius 3 is 2.50 bits per heavy atom. The van der Waals surface area contributed by atoms with Crippen LogP contribution in [0.1, 0.15) is 21.5 Å². The van der Waals surface area contributed by atoms with Crippen molar-refractivity contribution in [2.75, 3.05) is 11.9 Å². The zero-order valence-corrected chi connectivity index (χ0v) is 14.1. The fourth-order valence-electron chi connectivity index (χ4n) is 2.49. The normalized spacial score (nSPS) is 9.96. The number of nitrogens with zero attached hydrogens (tertiary/aromatic N) is 2. The van der Waals surface area contributed by atoms with Crippen LogP contribution in [0.15, 0.2) is 73.1 Å². The first-order valence-corrected chi connectivity index (χ1v) is 8.29. The molecule has 128 valence electrons. The summed E-state index contributed by atoms with van der Waals surface area (Å²) in [5, 5.41) is 14.9. The summed E-state index contributed by atoms with van der Waals surface area (Å²) < 4.78 is 0. The fourth-order valence-corrected chi connectivity index (χ4v) is 2.49. The lowest BCUT2D eigenvalue weighted by atomic mass is 10.1. The number of anilines is 2. The van der Waals surface area contributed by atoms with Crippen molar-refractivity contribution in [3.63, 3.8) is 0 Å². The van der Waals surface area contributed by atoms with Crippen LogP contribution < -0.4 is 10.6 Å². The number of amides is 1. The maximum atomic E-state index is 12.3. The minimum atomic E-state index is -0.156. The Morgan fingerprint density at radius 2 is 1.77 bits per heavy atom. The number of benzene rings is 2. The summed E-state index contributed by atoms with van der Waals surface area (Å²) >= 11 is 0. The molecule has 1 heterocycles. The largest absolute Gasteiger partial charge is 0.354 e. The Kier molecular flexibility index (Phi) is 5.58. The molecule has 0 aliphatic carbocycles. The first-order chi connectivity index (χ1) is 12.7. The molecule has 0 radical (unpaired) electrons. The molecule has 5 heteroatoms. The van der Waals surface area contributed by atoms with E-state index in [1.54, 1.807) is 30.6 Å². The molecular weight excluding hydrogens is 324 g/mol. The Balaban J connectivity index is 1.59. The molecule has 2 aromatic carbocycles. The van der Waals surface area contributed by atoms with Gasteiger partial charge in [0.05, 0.1) is 29.1 Å². The van der Waals surface area contributed by atoms with Crippen LogP contribution in [-0.2, 0) is 6.42 Å². The molecular formula is C21H18N4O. The predicted octanol–water partition coefficient (Wildman–Crippen LogP) is 3.67. The van der Waals surface area contributed by atoms with Gasteiger partial charge >= 0.3 is 0 Å². The highest BCUT2D eigenvalue weighted by molar-refractivity contribution is 5.94. The molecule has 0 unspecified atom stereocenters. The molecule has 3 rings (SSSR count). The van der Waals surface area contributed by atoms with Crippen molar-refractivity contribution in [1.29, 1.82) is 5.26 Å². The van der Waals surface area contributed by atoms with Crippen molar-refractivity contribution in [3.05, 3.63) is 89.7 Å². The minimum absolute atomic E-state index is 0.156. The summed E-state index contributed by atoms with van der Waals surface area (Å²) in [7, 11) is 0. The molecule has 2 N–H and O–H groups in total. The highest BCUT2D eigenvalue weighted by Crippen LogP contribution is 2.17. The average Bonchev–Trinajstić information content (AvgIpc) is 2.69. The maximum Gasteiger partial charge on any atom is 0.252 e. The lowest BCUT2D eigenvalue weighted by Gasteiger charge is -2.09. The van der Waals surface area contributed by atoms with Gasteiger partial charge in [0.1, 0.15) is 0 Å². The van der Waals surface area contributed by atoms with E-state index in [4.69, 9.17) is 5.26 Å². The van der Waals surface area contributed by atoms with Crippen molar-refractivity contribution in [2.45, 2.75) is 6.42 Å². The Hall–Kier alpha value is -3.65. The van der Waals surface area contributed by atoms with Gasteiger partial charge in [0.2, 0.25) is 0 Å². The third-order valence-electron chi connectivity index (χ3n) is 3.85. The van der Waals surface area contributed by atoms with Gasteiger partial charge in [0.15, 0.2) is 0 Å². The van der Waals surface area contributed by atoms with E-state index in [0.29, 0.717) is 23.4 Å². The van der Waals surface area contributed by atoms with Crippen molar-refractivity contribution in [2.24, 2.45) is 0 Å². The Morgan fingerprint density at radius 1 is 1.00 bits per heavy atom. The van der Waals surface area contributed by atoms with E-state index in [0.717, 1.165) is 12.1 Å². The van der Waals surface area contributed by atoms with Gasteiger partial charge < -0.3 is 10.6 Å². The van der Waals surface area contributed by atoms with Crippen LogP contribution in [0.5, 0.6) is 0 Å². The lowest BCUT2D eigenvalue weighted by Crippen LogP contribution is -2.25. The van der Waals surface area contributed by atoms with Crippen LogP contribution in [0.25, 0.3) is 0 Å². The van der Waals surface area contributed by atoms with Gasteiger partial charge in [-0.2, -0.15) is 5.26 Å². The van der Waals surface area contributed by atoms with E-state index >= 15 is 0 Å². The van der Waals surface area contributed by atoms with Crippen LogP contribution in [0, 0.1) is 11.3 Å². The van der Waals surface area contributed by atoms with Gasteiger partial charge in [-0.3, -0.25) is 9.78 Å². The zero-order valence-electron chi connectivity index (χ0n) is 14.1. The first kappa shape index (κ1) is 17.2. The Bertz CT molecular complexity index is 915. The SMILES string of the molecule is N#Cc1ccc(Nc2cncc(C(=O)NCCc3ccccc3)c2)cc1. The Labute approximate surface area is 152 Å². The predicted molar refractivity (Wildman–Crippen MR) is 101 cm³/mol. The molecule has 3 aromatic rings. The third kappa shape index (κ3) is 4.68. The maximum absolute atomic E-state index is 12.3. The molecule has 0 atom stereocenters. The smallest absolute Gasteiger partial charge is 0.252 e. The molecule has 0 aliphatic heterocycles. The van der Waals surface area contributed by atoms with Crippen LogP contribution in [0.4, 0.5) is 11.4 Å². The summed E-state index contributed by atoms with van der Waals surface area (Å²) in [5.74, 6) is -0.156. The van der Waals surface area contributed by atoms with Crippen molar-refractivity contribution in [3.8, 4) is 6.07 Å². The molecule has 5 nitrogen and oxygen atoms in total. The molecule has 1 aromatic heterocycles. The second-order valence-corrected chi connectivity index (χ2v) is 5.77. The highest BCUT2D eigenvalue weighted by Gasteiger charge is 2.07. The molecule has 0 aliphatic rings. The van der Waals surface area contributed by atoms with Gasteiger partial charge in [-0.15, -0.1) is 0 Å². The van der Waals surface area contributed by atoms with Crippen molar-refractivity contribution < 1.29 is 4.79 Å². The molecule has 0 fully saturated rings. The van der Waals surface area contributed by atoms with Gasteiger partial charge in [0, 0.05) is 18.4 Å². The second-order valence-electron chi connectivity index (χ2n) is 5.77. The van der Waals surface area contributed by atoms with Crippen molar-refractivity contribution in [1.82, 2.24) is 10.3 Å². The van der Waals surface area contributed by atoms with Gasteiger partial charge in [-0.1, -0.05) is 30.3 Å². The number of pyridine rings is 1. The van der Waals surface area contributed by atoms with Crippen molar-refractivity contribution >= 4 is 17.3 Å². The lowest BCUT2D eigenvalue weighted by molar-refractivity contribution is 0.0954. The summed E-state index contributed by atoms with van der Waals surface area (Å²) in [6.45, 7) is 0.566. The number of aromatic nitrogens is 1. The molecule has 0 spiro atoms. The number of hydrogen-bond donors (Lipinski definition) is 2. The van der Waals surface area contributed by atoms with E-state index in [2.05, 4.69) is 21.7 Å². The zero-order chi connectivity index (χ0) is 18.2. The van der Waals surface area contributed by atoms with Crippen LogP contribution in [-0.4, -0.2) is 17.4 Å². The van der Waals surface area contributed by atoms with Crippen LogP contribution in [0.2, 0.25) is 0 Å². The summed E-state index contributed by atoms with van der Waals surface area (Å²) in [6.07, 6.45) is 3.98.